The first kappa shape index (κ1) is 7.56. The molecule has 0 unspecified atom stereocenters. The minimum atomic E-state index is 0.604. The van der Waals surface area contributed by atoms with Crippen molar-refractivity contribution in [3.63, 3.8) is 0 Å². The van der Waals surface area contributed by atoms with E-state index in [1.807, 2.05) is 0 Å². The molecule has 2 aliphatic rings. The maximum atomic E-state index is 5.55. The van der Waals surface area contributed by atoms with E-state index in [-0.39, 0.29) is 0 Å². The molecule has 0 radical (unpaired) electrons. The van der Waals surface area contributed by atoms with E-state index in [0.29, 0.717) is 5.41 Å². The summed E-state index contributed by atoms with van der Waals surface area (Å²) in [6, 6.07) is 0. The van der Waals surface area contributed by atoms with E-state index in [1.54, 1.807) is 0 Å². The van der Waals surface area contributed by atoms with Crippen LogP contribution in [0.1, 0.15) is 25.7 Å². The molecular formula is C9H18NO+. The Hall–Kier alpha value is -0.0800. The second kappa shape index (κ2) is 3.11. The molecule has 0 aromatic carbocycles. The highest BCUT2D eigenvalue weighted by Gasteiger charge is 2.35. The average Bonchev–Trinajstić information content (AvgIpc) is 2.07. The molecule has 0 bridgehead atoms. The summed E-state index contributed by atoms with van der Waals surface area (Å²) in [5.74, 6) is 0. The number of rotatable bonds is 0. The van der Waals surface area contributed by atoms with Gasteiger partial charge in [0.15, 0.2) is 0 Å². The van der Waals surface area contributed by atoms with Crippen molar-refractivity contribution in [1.29, 1.82) is 0 Å². The predicted molar refractivity (Wildman–Crippen MR) is 43.4 cm³/mol. The third-order valence-electron chi connectivity index (χ3n) is 3.16. The van der Waals surface area contributed by atoms with Crippen molar-refractivity contribution in [3.05, 3.63) is 0 Å². The highest BCUT2D eigenvalue weighted by Crippen LogP contribution is 2.35. The topological polar surface area (TPSA) is 25.8 Å². The molecule has 0 aromatic rings. The molecule has 2 rings (SSSR count). The summed E-state index contributed by atoms with van der Waals surface area (Å²) in [6.45, 7) is 4.69. The summed E-state index contributed by atoms with van der Waals surface area (Å²) >= 11 is 0. The number of hydrogen-bond acceptors (Lipinski definition) is 1. The smallest absolute Gasteiger partial charge is 0.0761 e. The molecule has 0 atom stereocenters. The standard InChI is InChI=1S/C9H17NO/c1-2-9(8-11-7-1)3-5-10-6-4-9/h10H,1-8H2/p+1. The van der Waals surface area contributed by atoms with Crippen LogP contribution in [0.3, 0.4) is 0 Å². The number of quaternary nitrogens is 1. The number of piperidine rings is 1. The molecule has 2 aliphatic heterocycles. The summed E-state index contributed by atoms with van der Waals surface area (Å²) in [4.78, 5) is 0. The Morgan fingerprint density at radius 3 is 2.55 bits per heavy atom. The fourth-order valence-corrected chi connectivity index (χ4v) is 2.39. The van der Waals surface area contributed by atoms with E-state index in [2.05, 4.69) is 5.32 Å². The van der Waals surface area contributed by atoms with E-state index < -0.39 is 0 Å². The van der Waals surface area contributed by atoms with Gasteiger partial charge in [-0.25, -0.2) is 0 Å². The van der Waals surface area contributed by atoms with Crippen LogP contribution < -0.4 is 5.32 Å². The molecule has 0 saturated carbocycles. The maximum absolute atomic E-state index is 5.55. The van der Waals surface area contributed by atoms with E-state index in [4.69, 9.17) is 4.74 Å². The van der Waals surface area contributed by atoms with Crippen LogP contribution in [-0.2, 0) is 4.74 Å². The third-order valence-corrected chi connectivity index (χ3v) is 3.16. The zero-order valence-corrected chi connectivity index (χ0v) is 7.14. The Labute approximate surface area is 68.3 Å². The highest BCUT2D eigenvalue weighted by atomic mass is 16.5. The van der Waals surface area contributed by atoms with Gasteiger partial charge in [-0.1, -0.05) is 0 Å². The summed E-state index contributed by atoms with van der Waals surface area (Å²) < 4.78 is 5.55. The van der Waals surface area contributed by atoms with Crippen LogP contribution in [0.2, 0.25) is 0 Å². The van der Waals surface area contributed by atoms with E-state index in [0.717, 1.165) is 13.2 Å². The Morgan fingerprint density at radius 1 is 1.09 bits per heavy atom. The molecule has 0 amide bonds. The first-order chi connectivity index (χ1) is 5.41. The molecule has 2 fully saturated rings. The lowest BCUT2D eigenvalue weighted by Gasteiger charge is -2.38. The van der Waals surface area contributed by atoms with Crippen LogP contribution in [0.4, 0.5) is 0 Å². The zero-order chi connectivity index (χ0) is 7.57. The number of nitrogens with two attached hydrogens (primary N) is 1. The Balaban J connectivity index is 1.94. The van der Waals surface area contributed by atoms with Crippen LogP contribution in [0, 0.1) is 5.41 Å². The Bertz CT molecular complexity index is 104. The lowest BCUT2D eigenvalue weighted by molar-refractivity contribution is -0.668. The summed E-state index contributed by atoms with van der Waals surface area (Å²) in [5, 5.41) is 2.43. The van der Waals surface area contributed by atoms with Crippen molar-refractivity contribution in [3.8, 4) is 0 Å². The van der Waals surface area contributed by atoms with Gasteiger partial charge in [-0.05, 0) is 12.8 Å². The maximum Gasteiger partial charge on any atom is 0.0761 e. The van der Waals surface area contributed by atoms with Crippen molar-refractivity contribution in [2.75, 3.05) is 26.3 Å². The molecule has 11 heavy (non-hydrogen) atoms. The predicted octanol–water partition coefficient (Wildman–Crippen LogP) is 0.140. The van der Waals surface area contributed by atoms with Gasteiger partial charge in [0.1, 0.15) is 0 Å². The van der Waals surface area contributed by atoms with Gasteiger partial charge < -0.3 is 10.1 Å². The molecule has 0 aliphatic carbocycles. The second-order valence-electron chi connectivity index (χ2n) is 4.02. The summed E-state index contributed by atoms with van der Waals surface area (Å²) in [5.41, 5.74) is 0.604. The fourth-order valence-electron chi connectivity index (χ4n) is 2.39. The molecule has 64 valence electrons. The zero-order valence-electron chi connectivity index (χ0n) is 7.14. The van der Waals surface area contributed by atoms with Gasteiger partial charge >= 0.3 is 0 Å². The van der Waals surface area contributed by atoms with Crippen LogP contribution in [0.5, 0.6) is 0 Å². The fraction of sp³-hybridized carbons (Fsp3) is 1.00. The van der Waals surface area contributed by atoms with Gasteiger partial charge in [0.2, 0.25) is 0 Å². The van der Waals surface area contributed by atoms with Gasteiger partial charge in [0.05, 0.1) is 19.7 Å². The lowest BCUT2D eigenvalue weighted by atomic mass is 9.75. The number of hydrogen-bond donors (Lipinski definition) is 1. The summed E-state index contributed by atoms with van der Waals surface area (Å²) in [7, 11) is 0. The highest BCUT2D eigenvalue weighted by molar-refractivity contribution is 4.82. The largest absolute Gasteiger partial charge is 0.381 e. The first-order valence-electron chi connectivity index (χ1n) is 4.81. The van der Waals surface area contributed by atoms with Crippen molar-refractivity contribution in [1.82, 2.24) is 0 Å². The van der Waals surface area contributed by atoms with Gasteiger partial charge in [-0.2, -0.15) is 0 Å². The molecule has 0 aromatic heterocycles. The van der Waals surface area contributed by atoms with Crippen molar-refractivity contribution < 1.29 is 10.1 Å². The number of ether oxygens (including phenoxy) is 1. The van der Waals surface area contributed by atoms with Crippen molar-refractivity contribution in [2.24, 2.45) is 5.41 Å². The van der Waals surface area contributed by atoms with Crippen LogP contribution in [-0.4, -0.2) is 26.3 Å². The van der Waals surface area contributed by atoms with E-state index >= 15 is 0 Å². The molecule has 2 nitrogen and oxygen atoms in total. The molecule has 2 N–H and O–H groups in total. The molecule has 2 heteroatoms. The first-order valence-corrected chi connectivity index (χ1v) is 4.81. The van der Waals surface area contributed by atoms with Gasteiger partial charge in [-0.3, -0.25) is 0 Å². The van der Waals surface area contributed by atoms with Crippen LogP contribution in [0.25, 0.3) is 0 Å². The van der Waals surface area contributed by atoms with Crippen LogP contribution in [0.15, 0.2) is 0 Å². The quantitative estimate of drug-likeness (QED) is 0.530. The monoisotopic (exact) mass is 156 g/mol. The lowest BCUT2D eigenvalue weighted by Crippen LogP contribution is -2.87. The molecule has 1 spiro atoms. The van der Waals surface area contributed by atoms with E-state index in [1.165, 1.54) is 38.8 Å². The normalized spacial score (nSPS) is 30.5. The van der Waals surface area contributed by atoms with Crippen molar-refractivity contribution >= 4 is 0 Å². The Morgan fingerprint density at radius 2 is 1.91 bits per heavy atom. The minimum Gasteiger partial charge on any atom is -0.381 e. The van der Waals surface area contributed by atoms with E-state index in [9.17, 15) is 0 Å². The average molecular weight is 156 g/mol. The Kier molecular flexibility index (Phi) is 2.14. The van der Waals surface area contributed by atoms with Gasteiger partial charge in [0, 0.05) is 24.9 Å². The minimum absolute atomic E-state index is 0.604. The third kappa shape index (κ3) is 1.57. The molecule has 2 saturated heterocycles. The van der Waals surface area contributed by atoms with Crippen molar-refractivity contribution in [2.45, 2.75) is 25.7 Å². The van der Waals surface area contributed by atoms with Gasteiger partial charge in [0.25, 0.3) is 0 Å². The second-order valence-corrected chi connectivity index (χ2v) is 4.02. The molecular weight excluding hydrogens is 138 g/mol. The van der Waals surface area contributed by atoms with Gasteiger partial charge in [-0.15, -0.1) is 0 Å². The van der Waals surface area contributed by atoms with Crippen LogP contribution >= 0.6 is 0 Å². The molecule has 2 heterocycles. The summed E-state index contributed by atoms with van der Waals surface area (Å²) in [6.07, 6.45) is 5.47. The SMILES string of the molecule is C1COCC2(C1)CC[NH2+]CC2.